The number of nitrogens with one attached hydrogen (secondary N) is 1. The molecular weight excluding hydrogens is 380 g/mol. The van der Waals surface area contributed by atoms with Crippen LogP contribution in [0.5, 0.6) is 0 Å². The molecule has 1 N–H and O–H groups in total. The highest BCUT2D eigenvalue weighted by molar-refractivity contribution is 7.89. The molecule has 0 aliphatic carbocycles. The standard InChI is InChI=1S/C19H26N4O4S/c1-2-27-14-6-9-21-19(24)17(15-20)16-22-10-12-23(13-11-22)28(25,26)18-7-4-3-5-8-18/h3-5,7-8,16H,2,6,9-14H2,1H3,(H,21,24)/b17-16-. The van der Waals surface area contributed by atoms with E-state index in [0.29, 0.717) is 52.4 Å². The highest BCUT2D eigenvalue weighted by Gasteiger charge is 2.27. The van der Waals surface area contributed by atoms with E-state index in [1.807, 2.05) is 13.0 Å². The number of nitrogens with zero attached hydrogens (tertiary/aromatic N) is 3. The van der Waals surface area contributed by atoms with Crippen LogP contribution in [-0.2, 0) is 19.6 Å². The smallest absolute Gasteiger partial charge is 0.263 e. The van der Waals surface area contributed by atoms with E-state index in [2.05, 4.69) is 5.32 Å². The summed E-state index contributed by atoms with van der Waals surface area (Å²) in [6.07, 6.45) is 2.18. The zero-order valence-corrected chi connectivity index (χ0v) is 16.8. The predicted molar refractivity (Wildman–Crippen MR) is 105 cm³/mol. The van der Waals surface area contributed by atoms with Crippen molar-refractivity contribution in [2.24, 2.45) is 0 Å². The third-order valence-electron chi connectivity index (χ3n) is 4.29. The predicted octanol–water partition coefficient (Wildman–Crippen LogP) is 0.943. The zero-order valence-electron chi connectivity index (χ0n) is 16.0. The summed E-state index contributed by atoms with van der Waals surface area (Å²) < 4.78 is 31.9. The zero-order chi connectivity index (χ0) is 20.4. The van der Waals surface area contributed by atoms with Gasteiger partial charge in [0, 0.05) is 52.1 Å². The van der Waals surface area contributed by atoms with Crippen LogP contribution in [0.1, 0.15) is 13.3 Å². The molecule has 1 aromatic rings. The van der Waals surface area contributed by atoms with Crippen LogP contribution in [0.2, 0.25) is 0 Å². The molecule has 9 heteroatoms. The Labute approximate surface area is 166 Å². The first-order valence-corrected chi connectivity index (χ1v) is 10.7. The molecule has 0 radical (unpaired) electrons. The lowest BCUT2D eigenvalue weighted by molar-refractivity contribution is -0.117. The van der Waals surface area contributed by atoms with Crippen LogP contribution in [-0.4, -0.2) is 69.5 Å². The average molecular weight is 407 g/mol. The van der Waals surface area contributed by atoms with Gasteiger partial charge in [-0.15, -0.1) is 0 Å². The molecule has 1 aromatic carbocycles. The van der Waals surface area contributed by atoms with Crippen molar-refractivity contribution in [2.45, 2.75) is 18.2 Å². The minimum atomic E-state index is -3.53. The normalized spacial score (nSPS) is 15.9. The largest absolute Gasteiger partial charge is 0.382 e. The number of rotatable bonds is 9. The van der Waals surface area contributed by atoms with E-state index in [0.717, 1.165) is 0 Å². The summed E-state index contributed by atoms with van der Waals surface area (Å²) in [7, 11) is -3.53. The summed E-state index contributed by atoms with van der Waals surface area (Å²) in [4.78, 5) is 14.2. The number of carbonyl (C=O) groups excluding carboxylic acids is 1. The van der Waals surface area contributed by atoms with E-state index in [4.69, 9.17) is 4.74 Å². The maximum Gasteiger partial charge on any atom is 0.263 e. The maximum absolute atomic E-state index is 12.6. The fraction of sp³-hybridized carbons (Fsp3) is 0.474. The van der Waals surface area contributed by atoms with Gasteiger partial charge in [0.1, 0.15) is 11.6 Å². The van der Waals surface area contributed by atoms with Crippen LogP contribution < -0.4 is 5.32 Å². The molecule has 0 unspecified atom stereocenters. The van der Waals surface area contributed by atoms with Crippen molar-refractivity contribution in [3.05, 3.63) is 42.1 Å². The fourth-order valence-electron chi connectivity index (χ4n) is 2.75. The van der Waals surface area contributed by atoms with E-state index in [-0.39, 0.29) is 10.5 Å². The second-order valence-electron chi connectivity index (χ2n) is 6.21. The number of sulfonamides is 1. The highest BCUT2D eigenvalue weighted by atomic mass is 32.2. The molecule has 1 aliphatic heterocycles. The maximum atomic E-state index is 12.6. The molecule has 1 heterocycles. The van der Waals surface area contributed by atoms with Crippen LogP contribution in [0, 0.1) is 11.3 Å². The summed E-state index contributed by atoms with van der Waals surface area (Å²) >= 11 is 0. The van der Waals surface area contributed by atoms with Gasteiger partial charge in [-0.1, -0.05) is 18.2 Å². The van der Waals surface area contributed by atoms with Gasteiger partial charge in [-0.3, -0.25) is 4.79 Å². The summed E-state index contributed by atoms with van der Waals surface area (Å²) in [5.41, 5.74) is 0.00998. The number of nitriles is 1. The number of ether oxygens (including phenoxy) is 1. The van der Waals surface area contributed by atoms with Gasteiger partial charge in [-0.2, -0.15) is 9.57 Å². The van der Waals surface area contributed by atoms with Crippen LogP contribution in [0.4, 0.5) is 0 Å². The SMILES string of the molecule is CCOCCCNC(=O)/C(C#N)=C\N1CCN(S(=O)(=O)c2ccccc2)CC1. The number of piperazine rings is 1. The van der Waals surface area contributed by atoms with E-state index < -0.39 is 15.9 Å². The minimum Gasteiger partial charge on any atom is -0.382 e. The van der Waals surface area contributed by atoms with Gasteiger partial charge in [-0.05, 0) is 25.5 Å². The molecule has 1 saturated heterocycles. The van der Waals surface area contributed by atoms with Crippen molar-refractivity contribution in [1.82, 2.24) is 14.5 Å². The molecule has 0 aromatic heterocycles. The van der Waals surface area contributed by atoms with E-state index in [1.165, 1.54) is 10.5 Å². The van der Waals surface area contributed by atoms with Crippen molar-refractivity contribution in [3.63, 3.8) is 0 Å². The fourth-order valence-corrected chi connectivity index (χ4v) is 4.19. The Kier molecular flexibility index (Phi) is 8.44. The van der Waals surface area contributed by atoms with E-state index in [9.17, 15) is 18.5 Å². The molecule has 0 spiro atoms. The molecule has 0 atom stereocenters. The van der Waals surface area contributed by atoms with Crippen LogP contribution in [0.3, 0.4) is 0 Å². The molecule has 1 aliphatic rings. The summed E-state index contributed by atoms with van der Waals surface area (Å²) in [6.45, 7) is 4.93. The first-order valence-electron chi connectivity index (χ1n) is 9.26. The Balaban J connectivity index is 1.89. The Morgan fingerprint density at radius 3 is 2.54 bits per heavy atom. The van der Waals surface area contributed by atoms with E-state index in [1.54, 1.807) is 35.2 Å². The molecule has 1 amide bonds. The van der Waals surface area contributed by atoms with Gasteiger partial charge in [-0.25, -0.2) is 8.42 Å². The van der Waals surface area contributed by atoms with Crippen molar-refractivity contribution in [3.8, 4) is 6.07 Å². The van der Waals surface area contributed by atoms with Crippen LogP contribution in [0.15, 0.2) is 47.0 Å². The van der Waals surface area contributed by atoms with Crippen LogP contribution in [0.25, 0.3) is 0 Å². The number of hydrogen-bond donors (Lipinski definition) is 1. The Morgan fingerprint density at radius 2 is 1.93 bits per heavy atom. The molecule has 152 valence electrons. The lowest BCUT2D eigenvalue weighted by Crippen LogP contribution is -2.47. The first kappa shape index (κ1) is 21.9. The Bertz CT molecular complexity index is 810. The second kappa shape index (κ2) is 10.8. The van der Waals surface area contributed by atoms with Gasteiger partial charge in [0.2, 0.25) is 10.0 Å². The van der Waals surface area contributed by atoms with Gasteiger partial charge >= 0.3 is 0 Å². The third kappa shape index (κ3) is 6.05. The molecular formula is C19H26N4O4S. The monoisotopic (exact) mass is 406 g/mol. The van der Waals surface area contributed by atoms with Gasteiger partial charge in [0.15, 0.2) is 0 Å². The van der Waals surface area contributed by atoms with Crippen molar-refractivity contribution in [2.75, 3.05) is 45.9 Å². The summed E-state index contributed by atoms with van der Waals surface area (Å²) in [6, 6.07) is 10.2. The lowest BCUT2D eigenvalue weighted by Gasteiger charge is -2.33. The molecule has 2 rings (SSSR count). The molecule has 0 saturated carbocycles. The van der Waals surface area contributed by atoms with Crippen LogP contribution >= 0.6 is 0 Å². The number of benzene rings is 1. The van der Waals surface area contributed by atoms with Gasteiger partial charge in [0.05, 0.1) is 4.90 Å². The molecule has 0 bridgehead atoms. The minimum absolute atomic E-state index is 0.00998. The lowest BCUT2D eigenvalue weighted by atomic mass is 10.2. The number of hydrogen-bond acceptors (Lipinski definition) is 6. The highest BCUT2D eigenvalue weighted by Crippen LogP contribution is 2.17. The van der Waals surface area contributed by atoms with E-state index >= 15 is 0 Å². The third-order valence-corrected chi connectivity index (χ3v) is 6.20. The quantitative estimate of drug-likeness (QED) is 0.372. The topological polar surface area (TPSA) is 103 Å². The molecule has 28 heavy (non-hydrogen) atoms. The summed E-state index contributed by atoms with van der Waals surface area (Å²) in [5.74, 6) is -0.432. The van der Waals surface area contributed by atoms with Gasteiger partial charge in [0.25, 0.3) is 5.91 Å². The number of carbonyl (C=O) groups is 1. The van der Waals surface area contributed by atoms with Gasteiger partial charge < -0.3 is 15.0 Å². The second-order valence-corrected chi connectivity index (χ2v) is 8.15. The Morgan fingerprint density at radius 1 is 1.25 bits per heavy atom. The molecule has 1 fully saturated rings. The first-order chi connectivity index (χ1) is 13.5. The average Bonchev–Trinajstić information content (AvgIpc) is 2.72. The van der Waals surface area contributed by atoms with Crippen molar-refractivity contribution < 1.29 is 17.9 Å². The number of amides is 1. The van der Waals surface area contributed by atoms with Crippen molar-refractivity contribution >= 4 is 15.9 Å². The van der Waals surface area contributed by atoms with Crippen molar-refractivity contribution in [1.29, 1.82) is 5.26 Å². The Hall–Kier alpha value is -2.41. The molecule has 8 nitrogen and oxygen atoms in total. The summed E-state index contributed by atoms with van der Waals surface area (Å²) in [5, 5.41) is 12.0.